The van der Waals surface area contributed by atoms with Gasteiger partial charge < -0.3 is 19.1 Å². The van der Waals surface area contributed by atoms with Crippen LogP contribution in [0.25, 0.3) is 0 Å². The molecule has 150 valence electrons. The first kappa shape index (κ1) is 21.0. The quantitative estimate of drug-likeness (QED) is 0.626. The molecule has 1 aliphatic heterocycles. The third kappa shape index (κ3) is 5.35. The molecule has 1 heterocycles. The smallest absolute Gasteiger partial charge is 0.311 e. The fourth-order valence-corrected chi connectivity index (χ4v) is 4.77. The predicted molar refractivity (Wildman–Crippen MR) is 98.6 cm³/mol. The van der Waals surface area contributed by atoms with Crippen LogP contribution in [-0.2, 0) is 30.6 Å². The zero-order valence-corrected chi connectivity index (χ0v) is 16.7. The van der Waals surface area contributed by atoms with Crippen LogP contribution in [-0.4, -0.2) is 70.1 Å². The third-order valence-corrected chi connectivity index (χ3v) is 6.31. The largest absolute Gasteiger partial charge is 0.493 e. The predicted octanol–water partition coefficient (Wildman–Crippen LogP) is 0.824. The molecule has 2 rings (SSSR count). The van der Waals surface area contributed by atoms with Crippen molar-refractivity contribution < 1.29 is 32.2 Å². The number of benzene rings is 1. The zero-order valence-electron chi connectivity index (χ0n) is 15.9. The van der Waals surface area contributed by atoms with Crippen LogP contribution in [0.3, 0.4) is 0 Å². The Morgan fingerprint density at radius 1 is 1.22 bits per heavy atom. The Morgan fingerprint density at radius 3 is 2.44 bits per heavy atom. The minimum Gasteiger partial charge on any atom is -0.493 e. The molecule has 0 saturated carbocycles. The maximum atomic E-state index is 12.4. The molecule has 27 heavy (non-hydrogen) atoms. The Morgan fingerprint density at radius 2 is 1.89 bits per heavy atom. The van der Waals surface area contributed by atoms with E-state index in [1.165, 1.54) is 33.1 Å². The molecule has 9 heteroatoms. The second kappa shape index (κ2) is 8.60. The Hall–Kier alpha value is -2.29. The summed E-state index contributed by atoms with van der Waals surface area (Å²) >= 11 is 0. The lowest BCUT2D eigenvalue weighted by Crippen LogP contribution is -2.44. The first-order chi connectivity index (χ1) is 12.7. The number of ether oxygens (including phenoxy) is 3. The van der Waals surface area contributed by atoms with Crippen molar-refractivity contribution in [2.45, 2.75) is 31.9 Å². The summed E-state index contributed by atoms with van der Waals surface area (Å²) in [4.78, 5) is 26.0. The van der Waals surface area contributed by atoms with Gasteiger partial charge >= 0.3 is 5.97 Å². The number of nitrogens with zero attached hydrogens (tertiary/aromatic N) is 1. The van der Waals surface area contributed by atoms with Crippen molar-refractivity contribution in [3.8, 4) is 11.5 Å². The Balaban J connectivity index is 1.94. The lowest BCUT2D eigenvalue weighted by molar-refractivity contribution is -0.158. The van der Waals surface area contributed by atoms with E-state index in [1.807, 2.05) is 0 Å². The zero-order chi connectivity index (χ0) is 20.2. The molecule has 1 aliphatic rings. The van der Waals surface area contributed by atoms with Crippen molar-refractivity contribution in [1.82, 2.24) is 4.90 Å². The van der Waals surface area contributed by atoms with Gasteiger partial charge in [-0.15, -0.1) is 0 Å². The number of hydrogen-bond donors (Lipinski definition) is 0. The summed E-state index contributed by atoms with van der Waals surface area (Å²) in [6, 6.07) is 4.69. The van der Waals surface area contributed by atoms with Crippen molar-refractivity contribution in [2.24, 2.45) is 0 Å². The molecule has 1 saturated heterocycles. The number of sulfone groups is 1. The van der Waals surface area contributed by atoms with E-state index < -0.39 is 27.8 Å². The van der Waals surface area contributed by atoms with Crippen LogP contribution in [0.1, 0.15) is 18.9 Å². The fraction of sp³-hybridized carbons (Fsp3) is 0.556. The number of esters is 1. The van der Waals surface area contributed by atoms with Gasteiger partial charge in [0.25, 0.3) is 5.91 Å². The summed E-state index contributed by atoms with van der Waals surface area (Å²) in [5, 5.41) is 0. The number of carbonyl (C=O) groups excluding carboxylic acids is 2. The Labute approximate surface area is 159 Å². The maximum absolute atomic E-state index is 12.4. The highest BCUT2D eigenvalue weighted by atomic mass is 32.2. The molecule has 2 atom stereocenters. The Kier molecular flexibility index (Phi) is 6.69. The van der Waals surface area contributed by atoms with Gasteiger partial charge in [-0.25, -0.2) is 8.42 Å². The van der Waals surface area contributed by atoms with Crippen LogP contribution < -0.4 is 9.47 Å². The van der Waals surface area contributed by atoms with Crippen LogP contribution in [0.15, 0.2) is 18.2 Å². The third-order valence-electron chi connectivity index (χ3n) is 4.56. The average Bonchev–Trinajstić information content (AvgIpc) is 2.99. The molecular weight excluding hydrogens is 374 g/mol. The van der Waals surface area contributed by atoms with Crippen molar-refractivity contribution in [2.75, 3.05) is 32.8 Å². The summed E-state index contributed by atoms with van der Waals surface area (Å²) in [7, 11) is 1.45. The molecule has 0 spiro atoms. The van der Waals surface area contributed by atoms with Crippen LogP contribution in [0.4, 0.5) is 0 Å². The van der Waals surface area contributed by atoms with Crippen molar-refractivity contribution in [3.05, 3.63) is 23.8 Å². The van der Waals surface area contributed by atoms with E-state index in [9.17, 15) is 18.0 Å². The standard InChI is InChI=1S/C18H25NO7S/c1-12(18(21)19(2)14-7-8-27(22,23)11-14)26-17(20)10-13-5-6-15(24-3)16(9-13)25-4/h5-6,9,12,14H,7-8,10-11H2,1-4H3/t12-,14+/m1/s1. The van der Waals surface area contributed by atoms with Crippen LogP contribution in [0, 0.1) is 0 Å². The number of hydrogen-bond acceptors (Lipinski definition) is 7. The molecule has 0 unspecified atom stereocenters. The van der Waals surface area contributed by atoms with Crippen LogP contribution in [0.5, 0.6) is 11.5 Å². The Bertz CT molecular complexity index is 806. The lowest BCUT2D eigenvalue weighted by Gasteiger charge is -2.26. The van der Waals surface area contributed by atoms with Crippen LogP contribution >= 0.6 is 0 Å². The van der Waals surface area contributed by atoms with Gasteiger partial charge in [0, 0.05) is 13.1 Å². The second-order valence-electron chi connectivity index (χ2n) is 6.50. The molecule has 1 aromatic rings. The van der Waals surface area contributed by atoms with Crippen molar-refractivity contribution in [3.63, 3.8) is 0 Å². The molecule has 0 N–H and O–H groups in total. The number of carbonyl (C=O) groups is 2. The van der Waals surface area contributed by atoms with E-state index in [1.54, 1.807) is 18.2 Å². The van der Waals surface area contributed by atoms with E-state index in [2.05, 4.69) is 0 Å². The van der Waals surface area contributed by atoms with Gasteiger partial charge in [0.1, 0.15) is 0 Å². The summed E-state index contributed by atoms with van der Waals surface area (Å²) in [5.41, 5.74) is 0.660. The van der Waals surface area contributed by atoms with Gasteiger partial charge in [0.2, 0.25) is 0 Å². The van der Waals surface area contributed by atoms with E-state index in [0.29, 0.717) is 23.5 Å². The van der Waals surface area contributed by atoms with Gasteiger partial charge in [-0.1, -0.05) is 6.07 Å². The number of methoxy groups -OCH3 is 2. The van der Waals surface area contributed by atoms with Crippen molar-refractivity contribution in [1.29, 1.82) is 0 Å². The van der Waals surface area contributed by atoms with E-state index in [0.717, 1.165) is 0 Å². The topological polar surface area (TPSA) is 99.2 Å². The van der Waals surface area contributed by atoms with E-state index >= 15 is 0 Å². The van der Waals surface area contributed by atoms with Gasteiger partial charge in [0.05, 0.1) is 32.1 Å². The number of likely N-dealkylation sites (N-methyl/N-ethyl adjacent to an activating group) is 1. The molecule has 0 radical (unpaired) electrons. The fourth-order valence-electron chi connectivity index (χ4n) is 2.99. The SMILES string of the molecule is COc1ccc(CC(=O)O[C@H](C)C(=O)N(C)[C@H]2CCS(=O)(=O)C2)cc1OC. The summed E-state index contributed by atoms with van der Waals surface area (Å²) in [5.74, 6) is 0.0818. The minimum atomic E-state index is -3.10. The summed E-state index contributed by atoms with van der Waals surface area (Å²) in [6.07, 6.45) is -0.623. The highest BCUT2D eigenvalue weighted by molar-refractivity contribution is 7.91. The monoisotopic (exact) mass is 399 g/mol. The van der Waals surface area contributed by atoms with E-state index in [4.69, 9.17) is 14.2 Å². The number of amides is 1. The normalized spacial score (nSPS) is 19.2. The highest BCUT2D eigenvalue weighted by Crippen LogP contribution is 2.27. The molecule has 0 aliphatic carbocycles. The molecule has 1 amide bonds. The molecule has 1 aromatic carbocycles. The summed E-state index contributed by atoms with van der Waals surface area (Å²) in [6.45, 7) is 1.48. The van der Waals surface area contributed by atoms with Gasteiger partial charge in [-0.3, -0.25) is 9.59 Å². The summed E-state index contributed by atoms with van der Waals surface area (Å²) < 4.78 is 38.7. The van der Waals surface area contributed by atoms with Crippen molar-refractivity contribution >= 4 is 21.7 Å². The van der Waals surface area contributed by atoms with E-state index in [-0.39, 0.29) is 24.0 Å². The molecule has 8 nitrogen and oxygen atoms in total. The van der Waals surface area contributed by atoms with Gasteiger partial charge in [-0.05, 0) is 31.0 Å². The minimum absolute atomic E-state index is 0.0283. The lowest BCUT2D eigenvalue weighted by atomic mass is 10.1. The maximum Gasteiger partial charge on any atom is 0.311 e. The first-order valence-electron chi connectivity index (χ1n) is 8.54. The highest BCUT2D eigenvalue weighted by Gasteiger charge is 2.34. The van der Waals surface area contributed by atoms with Crippen LogP contribution in [0.2, 0.25) is 0 Å². The molecule has 0 aromatic heterocycles. The van der Waals surface area contributed by atoms with Gasteiger partial charge in [-0.2, -0.15) is 0 Å². The van der Waals surface area contributed by atoms with Gasteiger partial charge in [0.15, 0.2) is 27.4 Å². The number of rotatable bonds is 7. The molecular formula is C18H25NO7S. The first-order valence-corrected chi connectivity index (χ1v) is 10.4. The average molecular weight is 399 g/mol. The second-order valence-corrected chi connectivity index (χ2v) is 8.73. The molecule has 0 bridgehead atoms. The molecule has 1 fully saturated rings.